The van der Waals surface area contributed by atoms with Gasteiger partial charge in [0, 0.05) is 20.1 Å². The van der Waals surface area contributed by atoms with Crippen LogP contribution in [-0.4, -0.2) is 47.2 Å². The van der Waals surface area contributed by atoms with Crippen LogP contribution in [0.3, 0.4) is 0 Å². The Hall–Kier alpha value is -1.96. The Bertz CT molecular complexity index is 512. The first kappa shape index (κ1) is 14.4. The fourth-order valence-electron chi connectivity index (χ4n) is 2.45. The summed E-state index contributed by atoms with van der Waals surface area (Å²) >= 11 is 0. The van der Waals surface area contributed by atoms with Crippen LogP contribution in [0.25, 0.3) is 0 Å². The number of anilines is 2. The van der Waals surface area contributed by atoms with Gasteiger partial charge in [-0.3, -0.25) is 10.1 Å². The Morgan fingerprint density at radius 2 is 1.95 bits per heavy atom. The number of aromatic nitrogens is 2. The fourth-order valence-corrected chi connectivity index (χ4v) is 2.45. The van der Waals surface area contributed by atoms with Gasteiger partial charge in [-0.05, 0) is 20.8 Å². The van der Waals surface area contributed by atoms with Crippen LogP contribution in [-0.2, 0) is 4.74 Å². The molecule has 1 aromatic rings. The normalized spacial score (nSPS) is 22.7. The van der Waals surface area contributed by atoms with Gasteiger partial charge in [0.05, 0.1) is 17.1 Å². The van der Waals surface area contributed by atoms with Crippen molar-refractivity contribution in [3.8, 4) is 0 Å². The molecule has 0 bridgehead atoms. The summed E-state index contributed by atoms with van der Waals surface area (Å²) in [5, 5.41) is 14.1. The standard InChI is InChI=1S/C12H19N5O3/c1-7-5-16(6-8(2)20-7)11-10(17(18)19)9(3)14-12(13-4)15-11/h7-8H,5-6H2,1-4H3,(H,13,14,15)/t7-,8+. The van der Waals surface area contributed by atoms with Gasteiger partial charge in [-0.2, -0.15) is 4.98 Å². The van der Waals surface area contributed by atoms with Gasteiger partial charge in [-0.25, -0.2) is 4.98 Å². The molecule has 20 heavy (non-hydrogen) atoms. The van der Waals surface area contributed by atoms with Crippen LogP contribution in [0.15, 0.2) is 0 Å². The second-order valence-corrected chi connectivity index (χ2v) is 4.97. The Kier molecular flexibility index (Phi) is 4.03. The van der Waals surface area contributed by atoms with Crippen molar-refractivity contribution in [2.45, 2.75) is 33.0 Å². The summed E-state index contributed by atoms with van der Waals surface area (Å²) in [6.07, 6.45) is 0.0123. The quantitative estimate of drug-likeness (QED) is 0.660. The molecule has 0 unspecified atom stereocenters. The van der Waals surface area contributed by atoms with E-state index in [0.717, 1.165) is 0 Å². The molecule has 1 saturated heterocycles. The largest absolute Gasteiger partial charge is 0.372 e. The predicted molar refractivity (Wildman–Crippen MR) is 75.2 cm³/mol. The number of ether oxygens (including phenoxy) is 1. The summed E-state index contributed by atoms with van der Waals surface area (Å²) in [5.74, 6) is 0.740. The number of hydrogen-bond acceptors (Lipinski definition) is 7. The molecule has 0 saturated carbocycles. The summed E-state index contributed by atoms with van der Waals surface area (Å²) < 4.78 is 5.65. The molecule has 0 aromatic carbocycles. The monoisotopic (exact) mass is 281 g/mol. The van der Waals surface area contributed by atoms with Crippen molar-refractivity contribution in [2.75, 3.05) is 30.4 Å². The van der Waals surface area contributed by atoms with Crippen molar-refractivity contribution in [1.29, 1.82) is 0 Å². The van der Waals surface area contributed by atoms with Crippen LogP contribution >= 0.6 is 0 Å². The molecule has 0 aliphatic carbocycles. The second kappa shape index (κ2) is 5.58. The summed E-state index contributed by atoms with van der Waals surface area (Å²) in [4.78, 5) is 21.1. The summed E-state index contributed by atoms with van der Waals surface area (Å²) in [6.45, 7) is 6.66. The van der Waals surface area contributed by atoms with E-state index in [-0.39, 0.29) is 17.9 Å². The minimum absolute atomic E-state index is 0.00617. The van der Waals surface area contributed by atoms with Gasteiger partial charge in [-0.15, -0.1) is 0 Å². The number of hydrogen-bond donors (Lipinski definition) is 1. The zero-order chi connectivity index (χ0) is 14.9. The highest BCUT2D eigenvalue weighted by Gasteiger charge is 2.31. The van der Waals surface area contributed by atoms with E-state index < -0.39 is 4.92 Å². The van der Waals surface area contributed by atoms with Crippen molar-refractivity contribution >= 4 is 17.5 Å². The molecule has 0 amide bonds. The van der Waals surface area contributed by atoms with Gasteiger partial charge in [0.15, 0.2) is 0 Å². The molecular formula is C12H19N5O3. The minimum atomic E-state index is -0.422. The van der Waals surface area contributed by atoms with E-state index in [1.807, 2.05) is 18.7 Å². The number of nitro groups is 1. The lowest BCUT2D eigenvalue weighted by molar-refractivity contribution is -0.385. The molecule has 1 N–H and O–H groups in total. The average molecular weight is 281 g/mol. The van der Waals surface area contributed by atoms with Crippen LogP contribution in [0.4, 0.5) is 17.5 Å². The van der Waals surface area contributed by atoms with E-state index in [1.54, 1.807) is 14.0 Å². The van der Waals surface area contributed by atoms with E-state index in [0.29, 0.717) is 30.5 Å². The first-order valence-corrected chi connectivity index (χ1v) is 6.53. The molecule has 8 nitrogen and oxygen atoms in total. The van der Waals surface area contributed by atoms with Crippen molar-refractivity contribution in [1.82, 2.24) is 9.97 Å². The lowest BCUT2D eigenvalue weighted by Crippen LogP contribution is -2.46. The second-order valence-electron chi connectivity index (χ2n) is 4.97. The number of nitrogens with one attached hydrogen (secondary N) is 1. The van der Waals surface area contributed by atoms with E-state index in [4.69, 9.17) is 4.74 Å². The maximum absolute atomic E-state index is 11.3. The van der Waals surface area contributed by atoms with Crippen molar-refractivity contribution in [3.05, 3.63) is 15.8 Å². The topological polar surface area (TPSA) is 93.4 Å². The third kappa shape index (κ3) is 2.79. The molecule has 8 heteroatoms. The van der Waals surface area contributed by atoms with Crippen LogP contribution in [0.1, 0.15) is 19.5 Å². The molecule has 1 aliphatic heterocycles. The Morgan fingerprint density at radius 1 is 1.35 bits per heavy atom. The lowest BCUT2D eigenvalue weighted by Gasteiger charge is -2.35. The van der Waals surface area contributed by atoms with Gasteiger partial charge >= 0.3 is 5.69 Å². The van der Waals surface area contributed by atoms with E-state index in [1.165, 1.54) is 0 Å². The van der Waals surface area contributed by atoms with Crippen LogP contribution in [0, 0.1) is 17.0 Å². The molecule has 110 valence electrons. The van der Waals surface area contributed by atoms with Crippen molar-refractivity contribution < 1.29 is 9.66 Å². The molecule has 1 aliphatic rings. The maximum atomic E-state index is 11.3. The first-order chi connectivity index (χ1) is 9.42. The van der Waals surface area contributed by atoms with Crippen LogP contribution in [0.5, 0.6) is 0 Å². The van der Waals surface area contributed by atoms with Gasteiger partial charge in [0.2, 0.25) is 11.8 Å². The highest BCUT2D eigenvalue weighted by atomic mass is 16.6. The van der Waals surface area contributed by atoms with Gasteiger partial charge in [-0.1, -0.05) is 0 Å². The van der Waals surface area contributed by atoms with Crippen LogP contribution < -0.4 is 10.2 Å². The number of morpholine rings is 1. The predicted octanol–water partition coefficient (Wildman–Crippen LogP) is 1.35. The maximum Gasteiger partial charge on any atom is 0.332 e. The van der Waals surface area contributed by atoms with E-state index in [9.17, 15) is 10.1 Å². The molecule has 2 heterocycles. The number of nitrogens with zero attached hydrogens (tertiary/aromatic N) is 4. The summed E-state index contributed by atoms with van der Waals surface area (Å²) in [6, 6.07) is 0. The molecule has 1 fully saturated rings. The highest BCUT2D eigenvalue weighted by Crippen LogP contribution is 2.31. The molecule has 2 rings (SSSR count). The Balaban J connectivity index is 2.47. The Labute approximate surface area is 117 Å². The molecule has 2 atom stereocenters. The molecule has 0 spiro atoms. The van der Waals surface area contributed by atoms with Crippen LogP contribution in [0.2, 0.25) is 0 Å². The first-order valence-electron chi connectivity index (χ1n) is 6.53. The average Bonchev–Trinajstić information content (AvgIpc) is 2.35. The van der Waals surface area contributed by atoms with E-state index >= 15 is 0 Å². The summed E-state index contributed by atoms with van der Waals surface area (Å²) in [5.41, 5.74) is 0.321. The zero-order valence-electron chi connectivity index (χ0n) is 12.1. The van der Waals surface area contributed by atoms with Gasteiger partial charge in [0.25, 0.3) is 0 Å². The number of rotatable bonds is 3. The highest BCUT2D eigenvalue weighted by molar-refractivity contribution is 5.62. The Morgan fingerprint density at radius 3 is 2.45 bits per heavy atom. The summed E-state index contributed by atoms with van der Waals surface area (Å²) in [7, 11) is 1.69. The fraction of sp³-hybridized carbons (Fsp3) is 0.667. The third-order valence-corrected chi connectivity index (χ3v) is 3.17. The minimum Gasteiger partial charge on any atom is -0.372 e. The lowest BCUT2D eigenvalue weighted by atomic mass is 10.2. The van der Waals surface area contributed by atoms with Crippen molar-refractivity contribution in [3.63, 3.8) is 0 Å². The van der Waals surface area contributed by atoms with Crippen molar-refractivity contribution in [2.24, 2.45) is 0 Å². The third-order valence-electron chi connectivity index (χ3n) is 3.17. The van der Waals surface area contributed by atoms with Gasteiger partial charge in [0.1, 0.15) is 5.69 Å². The van der Waals surface area contributed by atoms with E-state index in [2.05, 4.69) is 15.3 Å². The SMILES string of the molecule is CNc1nc(C)c([N+](=O)[O-])c(N2C[C@@H](C)O[C@@H](C)C2)n1. The molecular weight excluding hydrogens is 262 g/mol. The molecule has 0 radical (unpaired) electrons. The zero-order valence-corrected chi connectivity index (χ0v) is 12.1. The molecule has 1 aromatic heterocycles. The number of aryl methyl sites for hydroxylation is 1. The smallest absolute Gasteiger partial charge is 0.332 e. The van der Waals surface area contributed by atoms with Gasteiger partial charge < -0.3 is 15.0 Å².